The molecule has 0 saturated heterocycles. The third-order valence-electron chi connectivity index (χ3n) is 3.04. The van der Waals surface area contributed by atoms with Crippen molar-refractivity contribution < 1.29 is 13.2 Å². The zero-order valence-corrected chi connectivity index (χ0v) is 11.3. The minimum atomic E-state index is -4.20. The van der Waals surface area contributed by atoms with Crippen LogP contribution in [0.3, 0.4) is 0 Å². The second kappa shape index (κ2) is 5.19. The summed E-state index contributed by atoms with van der Waals surface area (Å²) >= 11 is 0. The van der Waals surface area contributed by atoms with Gasteiger partial charge in [0.2, 0.25) is 0 Å². The fourth-order valence-corrected chi connectivity index (χ4v) is 1.82. The molecule has 2 aromatic heterocycles. The van der Waals surface area contributed by atoms with Crippen LogP contribution in [0, 0.1) is 13.8 Å². The SMILES string of the molecule is C=C(CCC(F)(F)F)c1nccc2nc(C)c(C)nc12. The predicted octanol–water partition coefficient (Wildman–Crippen LogP) is 4.00. The summed E-state index contributed by atoms with van der Waals surface area (Å²) in [5.74, 6) is 0. The maximum atomic E-state index is 12.3. The lowest BCUT2D eigenvalue weighted by Gasteiger charge is -2.10. The Hall–Kier alpha value is -1.98. The summed E-state index contributed by atoms with van der Waals surface area (Å²) in [6.07, 6.45) is -3.79. The highest BCUT2D eigenvalue weighted by atomic mass is 19.4. The van der Waals surface area contributed by atoms with Crippen LogP contribution < -0.4 is 0 Å². The number of rotatable bonds is 3. The first kappa shape index (κ1) is 14.4. The van der Waals surface area contributed by atoms with Gasteiger partial charge in [-0.1, -0.05) is 6.58 Å². The number of aryl methyl sites for hydroxylation is 2. The van der Waals surface area contributed by atoms with Crippen molar-refractivity contribution >= 4 is 16.6 Å². The maximum absolute atomic E-state index is 12.3. The van der Waals surface area contributed by atoms with Crippen molar-refractivity contribution in [2.75, 3.05) is 0 Å². The normalized spacial score (nSPS) is 11.8. The Balaban J connectivity index is 2.39. The van der Waals surface area contributed by atoms with Crippen molar-refractivity contribution in [1.82, 2.24) is 15.0 Å². The van der Waals surface area contributed by atoms with Crippen LogP contribution >= 0.6 is 0 Å². The monoisotopic (exact) mass is 281 g/mol. The molecule has 0 saturated carbocycles. The molecule has 0 aliphatic heterocycles. The number of hydrogen-bond donors (Lipinski definition) is 0. The molecule has 0 N–H and O–H groups in total. The van der Waals surface area contributed by atoms with Crippen LogP contribution in [0.15, 0.2) is 18.8 Å². The molecule has 0 radical (unpaired) electrons. The molecule has 2 heterocycles. The van der Waals surface area contributed by atoms with Gasteiger partial charge < -0.3 is 0 Å². The molecule has 0 aromatic carbocycles. The number of aromatic nitrogens is 3. The second-order valence-electron chi connectivity index (χ2n) is 4.64. The van der Waals surface area contributed by atoms with E-state index in [1.165, 1.54) is 6.20 Å². The van der Waals surface area contributed by atoms with E-state index >= 15 is 0 Å². The van der Waals surface area contributed by atoms with Crippen molar-refractivity contribution in [2.24, 2.45) is 0 Å². The van der Waals surface area contributed by atoms with E-state index in [-0.39, 0.29) is 6.42 Å². The molecule has 0 fully saturated rings. The molecular formula is C14H14F3N3. The molecule has 0 aliphatic rings. The molecular weight excluding hydrogens is 267 g/mol. The minimum absolute atomic E-state index is 0.190. The molecule has 0 spiro atoms. The van der Waals surface area contributed by atoms with Crippen molar-refractivity contribution in [3.05, 3.63) is 35.9 Å². The summed E-state index contributed by atoms with van der Waals surface area (Å²) < 4.78 is 36.8. The van der Waals surface area contributed by atoms with Gasteiger partial charge in [-0.15, -0.1) is 0 Å². The van der Waals surface area contributed by atoms with E-state index in [0.717, 1.165) is 11.4 Å². The lowest BCUT2D eigenvalue weighted by Crippen LogP contribution is -2.07. The number of halogens is 3. The van der Waals surface area contributed by atoms with Gasteiger partial charge in [-0.3, -0.25) is 4.98 Å². The van der Waals surface area contributed by atoms with Crippen molar-refractivity contribution in [3.63, 3.8) is 0 Å². The molecule has 106 valence electrons. The molecule has 2 rings (SSSR count). The summed E-state index contributed by atoms with van der Waals surface area (Å²) in [4.78, 5) is 12.8. The van der Waals surface area contributed by atoms with Gasteiger partial charge in [0.25, 0.3) is 0 Å². The van der Waals surface area contributed by atoms with E-state index in [1.807, 2.05) is 6.92 Å². The van der Waals surface area contributed by atoms with Crippen LogP contribution in [0.2, 0.25) is 0 Å². The third kappa shape index (κ3) is 3.12. The van der Waals surface area contributed by atoms with Crippen molar-refractivity contribution in [2.45, 2.75) is 32.9 Å². The summed E-state index contributed by atoms with van der Waals surface area (Å²) in [5, 5.41) is 0. The fourth-order valence-electron chi connectivity index (χ4n) is 1.82. The van der Waals surface area contributed by atoms with Crippen molar-refractivity contribution in [1.29, 1.82) is 0 Å². The number of nitrogens with zero attached hydrogens (tertiary/aromatic N) is 3. The fraction of sp³-hybridized carbons (Fsp3) is 0.357. The molecule has 6 heteroatoms. The smallest absolute Gasteiger partial charge is 0.254 e. The Bertz CT molecular complexity index is 662. The number of alkyl halides is 3. The van der Waals surface area contributed by atoms with Gasteiger partial charge in [0.1, 0.15) is 5.52 Å². The van der Waals surface area contributed by atoms with E-state index in [4.69, 9.17) is 0 Å². The molecule has 20 heavy (non-hydrogen) atoms. The maximum Gasteiger partial charge on any atom is 0.389 e. The summed E-state index contributed by atoms with van der Waals surface area (Å²) in [6, 6.07) is 1.69. The Labute approximate surface area is 114 Å². The van der Waals surface area contributed by atoms with E-state index in [9.17, 15) is 13.2 Å². The highest BCUT2D eigenvalue weighted by Crippen LogP contribution is 2.29. The zero-order valence-electron chi connectivity index (χ0n) is 11.3. The lowest BCUT2D eigenvalue weighted by molar-refractivity contribution is -0.133. The number of allylic oxidation sites excluding steroid dienone is 1. The van der Waals surface area contributed by atoms with E-state index in [2.05, 4.69) is 21.5 Å². The van der Waals surface area contributed by atoms with Gasteiger partial charge in [0.05, 0.1) is 22.6 Å². The van der Waals surface area contributed by atoms with E-state index in [0.29, 0.717) is 22.3 Å². The number of hydrogen-bond acceptors (Lipinski definition) is 3. The van der Waals surface area contributed by atoms with Crippen LogP contribution in [0.4, 0.5) is 13.2 Å². The van der Waals surface area contributed by atoms with Gasteiger partial charge >= 0.3 is 6.18 Å². The first-order valence-electron chi connectivity index (χ1n) is 6.13. The second-order valence-corrected chi connectivity index (χ2v) is 4.64. The Kier molecular flexibility index (Phi) is 3.74. The van der Waals surface area contributed by atoms with Crippen LogP contribution in [-0.4, -0.2) is 21.1 Å². The van der Waals surface area contributed by atoms with Crippen LogP contribution in [0.5, 0.6) is 0 Å². The lowest BCUT2D eigenvalue weighted by atomic mass is 10.1. The molecule has 0 atom stereocenters. The van der Waals surface area contributed by atoms with E-state index < -0.39 is 12.6 Å². The first-order valence-corrected chi connectivity index (χ1v) is 6.13. The molecule has 0 unspecified atom stereocenters. The third-order valence-corrected chi connectivity index (χ3v) is 3.04. The largest absolute Gasteiger partial charge is 0.389 e. The summed E-state index contributed by atoms with van der Waals surface area (Å²) in [6.45, 7) is 7.34. The van der Waals surface area contributed by atoms with Gasteiger partial charge in [-0.2, -0.15) is 13.2 Å². The van der Waals surface area contributed by atoms with Gasteiger partial charge in [-0.05, 0) is 31.9 Å². The minimum Gasteiger partial charge on any atom is -0.254 e. The molecule has 0 amide bonds. The standard InChI is InChI=1S/C14H14F3N3/c1-8(4-6-14(15,16)17)12-13-11(5-7-18-12)19-9(2)10(3)20-13/h5,7H,1,4,6H2,2-3H3. The molecule has 0 aliphatic carbocycles. The van der Waals surface area contributed by atoms with Gasteiger partial charge in [-0.25, -0.2) is 9.97 Å². The van der Waals surface area contributed by atoms with Crippen LogP contribution in [0.25, 0.3) is 16.6 Å². The van der Waals surface area contributed by atoms with Gasteiger partial charge in [0, 0.05) is 12.6 Å². The van der Waals surface area contributed by atoms with Crippen molar-refractivity contribution in [3.8, 4) is 0 Å². The van der Waals surface area contributed by atoms with Crippen LogP contribution in [0.1, 0.15) is 29.9 Å². The molecule has 2 aromatic rings. The summed E-state index contributed by atoms with van der Waals surface area (Å²) in [5.41, 5.74) is 3.35. The first-order chi connectivity index (χ1) is 9.28. The summed E-state index contributed by atoms with van der Waals surface area (Å²) in [7, 11) is 0. The Morgan fingerprint density at radius 1 is 1.20 bits per heavy atom. The highest BCUT2D eigenvalue weighted by molar-refractivity contribution is 5.86. The van der Waals surface area contributed by atoms with Crippen LogP contribution in [-0.2, 0) is 0 Å². The topological polar surface area (TPSA) is 38.7 Å². The number of pyridine rings is 1. The quantitative estimate of drug-likeness (QED) is 0.853. The zero-order chi connectivity index (χ0) is 14.9. The highest BCUT2D eigenvalue weighted by Gasteiger charge is 2.27. The Morgan fingerprint density at radius 2 is 1.85 bits per heavy atom. The predicted molar refractivity (Wildman–Crippen MR) is 71.1 cm³/mol. The van der Waals surface area contributed by atoms with Gasteiger partial charge in [0.15, 0.2) is 0 Å². The molecule has 0 bridgehead atoms. The number of fused-ring (bicyclic) bond motifs is 1. The Morgan fingerprint density at radius 3 is 2.50 bits per heavy atom. The average Bonchev–Trinajstić information content (AvgIpc) is 2.36. The molecule has 3 nitrogen and oxygen atoms in total. The van der Waals surface area contributed by atoms with E-state index in [1.54, 1.807) is 13.0 Å². The average molecular weight is 281 g/mol.